The number of rotatable bonds is 8. The summed E-state index contributed by atoms with van der Waals surface area (Å²) < 4.78 is 5.19. The van der Waals surface area contributed by atoms with E-state index in [1.165, 1.54) is 0 Å². The summed E-state index contributed by atoms with van der Waals surface area (Å²) in [5, 5.41) is 16.1. The minimum Gasteiger partial charge on any atom is -0.496 e. The minimum atomic E-state index is 0.706. The van der Waals surface area contributed by atoms with Gasteiger partial charge in [-0.25, -0.2) is 0 Å². The van der Waals surface area contributed by atoms with E-state index in [1.54, 1.807) is 29.8 Å². The number of thiophene rings is 1. The van der Waals surface area contributed by atoms with Crippen molar-refractivity contribution in [3.8, 4) is 15.6 Å². The molecule has 20 heavy (non-hydrogen) atoms. The van der Waals surface area contributed by atoms with Gasteiger partial charge in [0, 0.05) is 17.9 Å². The highest BCUT2D eigenvalue weighted by Gasteiger charge is 2.09. The molecule has 0 amide bonds. The summed E-state index contributed by atoms with van der Waals surface area (Å²) in [4.78, 5) is 1.13. The Hall–Kier alpha value is -0.980. The van der Waals surface area contributed by atoms with Gasteiger partial charge in [0.2, 0.25) is 0 Å². The Morgan fingerprint density at radius 1 is 1.35 bits per heavy atom. The van der Waals surface area contributed by atoms with Gasteiger partial charge >= 0.3 is 0 Å². The summed E-state index contributed by atoms with van der Waals surface area (Å²) in [7, 11) is 1.68. The lowest BCUT2D eigenvalue weighted by molar-refractivity contribution is 0.417. The van der Waals surface area contributed by atoms with Gasteiger partial charge in [0.15, 0.2) is 5.01 Å². The Labute approximate surface area is 128 Å². The smallest absolute Gasteiger partial charge is 0.157 e. The van der Waals surface area contributed by atoms with Crippen LogP contribution in [0.15, 0.2) is 11.4 Å². The topological polar surface area (TPSA) is 47.0 Å². The van der Waals surface area contributed by atoms with Crippen LogP contribution in [0.1, 0.15) is 25.3 Å². The molecule has 0 saturated carbocycles. The molecule has 1 N–H and O–H groups in total. The Kier molecular flexibility index (Phi) is 5.94. The molecule has 2 aromatic rings. The average molecular weight is 311 g/mol. The van der Waals surface area contributed by atoms with Crippen LogP contribution in [0.4, 0.5) is 0 Å². The Morgan fingerprint density at radius 3 is 2.90 bits per heavy atom. The van der Waals surface area contributed by atoms with E-state index in [4.69, 9.17) is 4.74 Å². The van der Waals surface area contributed by atoms with Crippen molar-refractivity contribution in [1.29, 1.82) is 0 Å². The zero-order chi connectivity index (χ0) is 14.4. The molecule has 0 aromatic carbocycles. The standard InChI is InChI=1S/C14H21N3OS2/c1-10(2)8-15-6-4-5-13-16-17-14(20-13)12-7-11(18-3)9-19-12/h7,9-10,15H,4-6,8H2,1-3H3. The maximum atomic E-state index is 5.19. The fourth-order valence-electron chi connectivity index (χ4n) is 1.75. The molecule has 0 bridgehead atoms. The van der Waals surface area contributed by atoms with Crippen LogP contribution in [-0.2, 0) is 6.42 Å². The van der Waals surface area contributed by atoms with Crippen LogP contribution >= 0.6 is 22.7 Å². The first kappa shape index (κ1) is 15.4. The van der Waals surface area contributed by atoms with Crippen LogP contribution in [0.3, 0.4) is 0 Å². The first-order valence-corrected chi connectivity index (χ1v) is 8.54. The zero-order valence-electron chi connectivity index (χ0n) is 12.2. The van der Waals surface area contributed by atoms with Crippen LogP contribution in [0.25, 0.3) is 9.88 Å². The van der Waals surface area contributed by atoms with Crippen LogP contribution < -0.4 is 10.1 Å². The summed E-state index contributed by atoms with van der Waals surface area (Å²) in [6, 6.07) is 2.01. The third-order valence-electron chi connectivity index (χ3n) is 2.79. The van der Waals surface area contributed by atoms with Crippen LogP contribution in [-0.4, -0.2) is 30.4 Å². The summed E-state index contributed by atoms with van der Waals surface area (Å²) in [5.74, 6) is 1.59. The fraction of sp³-hybridized carbons (Fsp3) is 0.571. The summed E-state index contributed by atoms with van der Waals surface area (Å²) in [6.45, 7) is 6.56. The van der Waals surface area contributed by atoms with Gasteiger partial charge in [0.25, 0.3) is 0 Å². The monoisotopic (exact) mass is 311 g/mol. The van der Waals surface area contributed by atoms with E-state index >= 15 is 0 Å². The number of hydrogen-bond acceptors (Lipinski definition) is 6. The van der Waals surface area contributed by atoms with Crippen molar-refractivity contribution in [3.63, 3.8) is 0 Å². The molecule has 0 atom stereocenters. The molecule has 2 heterocycles. The molecule has 0 spiro atoms. The second kappa shape index (κ2) is 7.71. The molecular weight excluding hydrogens is 290 g/mol. The lowest BCUT2D eigenvalue weighted by Gasteiger charge is -2.05. The van der Waals surface area contributed by atoms with Gasteiger partial charge in [0.1, 0.15) is 10.8 Å². The van der Waals surface area contributed by atoms with E-state index in [0.717, 1.165) is 46.6 Å². The molecule has 6 heteroatoms. The van der Waals surface area contributed by atoms with E-state index in [-0.39, 0.29) is 0 Å². The fourth-order valence-corrected chi connectivity index (χ4v) is 3.54. The number of nitrogens with one attached hydrogen (secondary N) is 1. The van der Waals surface area contributed by atoms with Gasteiger partial charge in [-0.15, -0.1) is 21.5 Å². The van der Waals surface area contributed by atoms with Crippen molar-refractivity contribution < 1.29 is 4.74 Å². The number of nitrogens with zero attached hydrogens (tertiary/aromatic N) is 2. The van der Waals surface area contributed by atoms with Gasteiger partial charge < -0.3 is 10.1 Å². The Bertz CT molecular complexity index is 522. The third-order valence-corrected chi connectivity index (χ3v) is 4.85. The van der Waals surface area contributed by atoms with Crippen LogP contribution in [0, 0.1) is 5.92 Å². The summed E-state index contributed by atoms with van der Waals surface area (Å²) in [5.41, 5.74) is 0. The Morgan fingerprint density at radius 2 is 2.20 bits per heavy atom. The second-order valence-electron chi connectivity index (χ2n) is 5.05. The molecule has 2 rings (SSSR count). The van der Waals surface area contributed by atoms with E-state index in [0.29, 0.717) is 5.92 Å². The number of ether oxygens (including phenoxy) is 1. The van der Waals surface area contributed by atoms with E-state index < -0.39 is 0 Å². The molecule has 0 aliphatic heterocycles. The average Bonchev–Trinajstić information content (AvgIpc) is 3.06. The van der Waals surface area contributed by atoms with Gasteiger partial charge in [-0.3, -0.25) is 0 Å². The minimum absolute atomic E-state index is 0.706. The second-order valence-corrected chi connectivity index (χ2v) is 7.03. The number of methoxy groups -OCH3 is 1. The molecule has 0 aliphatic rings. The lowest BCUT2D eigenvalue weighted by atomic mass is 10.2. The van der Waals surface area contributed by atoms with Gasteiger partial charge in [-0.1, -0.05) is 25.2 Å². The van der Waals surface area contributed by atoms with Crippen LogP contribution in [0.2, 0.25) is 0 Å². The van der Waals surface area contributed by atoms with Crippen molar-refractivity contribution in [2.45, 2.75) is 26.7 Å². The predicted molar refractivity (Wildman–Crippen MR) is 85.8 cm³/mol. The highest BCUT2D eigenvalue weighted by molar-refractivity contribution is 7.20. The van der Waals surface area contributed by atoms with Crippen molar-refractivity contribution in [2.75, 3.05) is 20.2 Å². The van der Waals surface area contributed by atoms with Crippen molar-refractivity contribution in [3.05, 3.63) is 16.5 Å². The number of aromatic nitrogens is 2. The molecule has 0 unspecified atom stereocenters. The van der Waals surface area contributed by atoms with Gasteiger partial charge in [-0.2, -0.15) is 0 Å². The van der Waals surface area contributed by atoms with Gasteiger partial charge in [-0.05, 0) is 25.4 Å². The normalized spacial score (nSPS) is 11.2. The number of hydrogen-bond donors (Lipinski definition) is 1. The predicted octanol–water partition coefficient (Wildman–Crippen LogP) is 3.45. The van der Waals surface area contributed by atoms with Crippen molar-refractivity contribution in [2.24, 2.45) is 5.92 Å². The summed E-state index contributed by atoms with van der Waals surface area (Å²) in [6.07, 6.45) is 2.10. The maximum Gasteiger partial charge on any atom is 0.157 e. The lowest BCUT2D eigenvalue weighted by Crippen LogP contribution is -2.21. The maximum absolute atomic E-state index is 5.19. The highest BCUT2D eigenvalue weighted by atomic mass is 32.1. The van der Waals surface area contributed by atoms with E-state index in [2.05, 4.69) is 29.4 Å². The molecule has 4 nitrogen and oxygen atoms in total. The van der Waals surface area contributed by atoms with Crippen molar-refractivity contribution >= 4 is 22.7 Å². The zero-order valence-corrected chi connectivity index (χ0v) is 13.8. The first-order valence-electron chi connectivity index (χ1n) is 6.85. The SMILES string of the molecule is COc1csc(-c2nnc(CCCNCC(C)C)s2)c1. The highest BCUT2D eigenvalue weighted by Crippen LogP contribution is 2.32. The van der Waals surface area contributed by atoms with Crippen LogP contribution in [0.5, 0.6) is 5.75 Å². The van der Waals surface area contributed by atoms with Crippen molar-refractivity contribution in [1.82, 2.24) is 15.5 Å². The molecule has 0 fully saturated rings. The largest absolute Gasteiger partial charge is 0.496 e. The molecule has 2 aromatic heterocycles. The van der Waals surface area contributed by atoms with Gasteiger partial charge in [0.05, 0.1) is 12.0 Å². The van der Waals surface area contributed by atoms with E-state index in [1.807, 2.05) is 11.4 Å². The quantitative estimate of drug-likeness (QED) is 0.759. The number of aryl methyl sites for hydroxylation is 1. The Balaban J connectivity index is 1.80. The van der Waals surface area contributed by atoms with E-state index in [9.17, 15) is 0 Å². The molecule has 110 valence electrons. The third kappa shape index (κ3) is 4.54. The molecule has 0 radical (unpaired) electrons. The summed E-state index contributed by atoms with van der Waals surface area (Å²) >= 11 is 3.33. The molecule has 0 saturated heterocycles. The first-order chi connectivity index (χ1) is 9.69. The molecule has 0 aliphatic carbocycles. The molecular formula is C14H21N3OS2.